The first-order valence-corrected chi connectivity index (χ1v) is 9.14. The molecule has 1 atom stereocenters. The van der Waals surface area contributed by atoms with Gasteiger partial charge >= 0.3 is 0 Å². The predicted molar refractivity (Wildman–Crippen MR) is 96.0 cm³/mol. The van der Waals surface area contributed by atoms with E-state index in [9.17, 15) is 9.59 Å². The lowest BCUT2D eigenvalue weighted by atomic mass is 9.97. The smallest absolute Gasteiger partial charge is 0.265 e. The normalized spacial score (nSPS) is 17.3. The first-order valence-electron chi connectivity index (χ1n) is 8.32. The van der Waals surface area contributed by atoms with Gasteiger partial charge in [0.15, 0.2) is 0 Å². The van der Waals surface area contributed by atoms with Gasteiger partial charge in [-0.05, 0) is 25.0 Å². The number of hydrogen-bond donors (Lipinski definition) is 2. The van der Waals surface area contributed by atoms with Crippen LogP contribution in [0.4, 0.5) is 0 Å². The van der Waals surface area contributed by atoms with Crippen LogP contribution in [0.5, 0.6) is 0 Å². The first kappa shape index (κ1) is 17.5. The third-order valence-electron chi connectivity index (χ3n) is 4.17. The van der Waals surface area contributed by atoms with Gasteiger partial charge in [0, 0.05) is 44.1 Å². The summed E-state index contributed by atoms with van der Waals surface area (Å²) >= 11 is 1.36. The largest absolute Gasteiger partial charge is 0.355 e. The lowest BCUT2D eigenvalue weighted by molar-refractivity contribution is -0.126. The highest BCUT2D eigenvalue weighted by Crippen LogP contribution is 2.27. The number of aromatic nitrogens is 2. The Bertz CT molecular complexity index is 734. The lowest BCUT2D eigenvalue weighted by Gasteiger charge is -2.31. The highest BCUT2D eigenvalue weighted by atomic mass is 32.1. The van der Waals surface area contributed by atoms with Gasteiger partial charge in [0.25, 0.3) is 5.91 Å². The van der Waals surface area contributed by atoms with Crippen molar-refractivity contribution in [1.82, 2.24) is 20.2 Å². The van der Waals surface area contributed by atoms with Gasteiger partial charge in [-0.3, -0.25) is 14.6 Å². The Kier molecular flexibility index (Phi) is 5.72. The second-order valence-corrected chi connectivity index (χ2v) is 6.97. The molecule has 25 heavy (non-hydrogen) atoms. The van der Waals surface area contributed by atoms with Crippen LogP contribution in [-0.4, -0.2) is 52.9 Å². The van der Waals surface area contributed by atoms with Gasteiger partial charge in [0.05, 0.1) is 12.1 Å². The molecule has 0 radical (unpaired) electrons. The number of piperidine rings is 1. The van der Waals surface area contributed by atoms with Gasteiger partial charge in [-0.15, -0.1) is 11.3 Å². The minimum Gasteiger partial charge on any atom is -0.355 e. The van der Waals surface area contributed by atoms with Crippen LogP contribution in [0.2, 0.25) is 0 Å². The summed E-state index contributed by atoms with van der Waals surface area (Å²) in [6.45, 7) is 1.99. The minimum absolute atomic E-state index is 0.0234. The molecule has 1 unspecified atom stereocenters. The second-order valence-electron chi connectivity index (χ2n) is 5.94. The van der Waals surface area contributed by atoms with Crippen molar-refractivity contribution >= 4 is 23.2 Å². The lowest BCUT2D eigenvalue weighted by Crippen LogP contribution is -2.46. The molecule has 1 aliphatic rings. The van der Waals surface area contributed by atoms with Gasteiger partial charge in [-0.2, -0.15) is 0 Å². The van der Waals surface area contributed by atoms with Crippen molar-refractivity contribution in [3.05, 3.63) is 35.6 Å². The molecule has 132 valence electrons. The highest BCUT2D eigenvalue weighted by Gasteiger charge is 2.29. The molecule has 0 aliphatic carbocycles. The van der Waals surface area contributed by atoms with Crippen molar-refractivity contribution in [2.75, 3.05) is 26.2 Å². The molecule has 1 aliphatic heterocycles. The Morgan fingerprint density at radius 1 is 1.36 bits per heavy atom. The summed E-state index contributed by atoms with van der Waals surface area (Å²) in [6.07, 6.45) is 6.63. The Labute approximate surface area is 150 Å². The highest BCUT2D eigenvalue weighted by molar-refractivity contribution is 7.16. The van der Waals surface area contributed by atoms with Crippen LogP contribution in [0.25, 0.3) is 10.6 Å². The summed E-state index contributed by atoms with van der Waals surface area (Å²) in [5, 5.41) is 3.60. The van der Waals surface area contributed by atoms with Gasteiger partial charge < -0.3 is 16.0 Å². The molecular formula is C17H21N5O2S. The van der Waals surface area contributed by atoms with E-state index in [1.165, 1.54) is 11.3 Å². The van der Waals surface area contributed by atoms with E-state index >= 15 is 0 Å². The zero-order valence-corrected chi connectivity index (χ0v) is 14.7. The molecule has 3 N–H and O–H groups in total. The van der Waals surface area contributed by atoms with Crippen LogP contribution in [0.1, 0.15) is 22.5 Å². The number of carbonyl (C=O) groups is 2. The van der Waals surface area contributed by atoms with Crippen molar-refractivity contribution < 1.29 is 9.59 Å². The van der Waals surface area contributed by atoms with Crippen molar-refractivity contribution in [2.45, 2.75) is 12.8 Å². The topological polar surface area (TPSA) is 101 Å². The number of hydrogen-bond acceptors (Lipinski definition) is 6. The van der Waals surface area contributed by atoms with Crippen molar-refractivity contribution in [2.24, 2.45) is 11.7 Å². The maximum atomic E-state index is 12.8. The summed E-state index contributed by atoms with van der Waals surface area (Å²) in [6, 6.07) is 3.73. The van der Waals surface area contributed by atoms with Crippen LogP contribution >= 0.6 is 11.3 Å². The molecule has 2 aromatic rings. The molecule has 3 rings (SSSR count). The standard InChI is InChI=1S/C17H21N5O2S/c18-5-8-20-15(23)13-2-1-9-22(11-13)17(24)14-10-21-16(25-14)12-3-6-19-7-4-12/h3-4,6-7,10,13H,1-2,5,8-9,11,18H2,(H,20,23). The molecule has 3 heterocycles. The quantitative estimate of drug-likeness (QED) is 0.833. The fourth-order valence-corrected chi connectivity index (χ4v) is 3.76. The molecule has 2 aromatic heterocycles. The van der Waals surface area contributed by atoms with Gasteiger partial charge in [0.1, 0.15) is 9.88 Å². The number of pyridine rings is 1. The zero-order chi connectivity index (χ0) is 17.6. The average molecular weight is 359 g/mol. The zero-order valence-electron chi connectivity index (χ0n) is 13.9. The number of carbonyl (C=O) groups excluding carboxylic acids is 2. The van der Waals surface area contributed by atoms with E-state index < -0.39 is 0 Å². The van der Waals surface area contributed by atoms with Crippen LogP contribution in [0.3, 0.4) is 0 Å². The molecule has 0 spiro atoms. The molecule has 2 amide bonds. The maximum Gasteiger partial charge on any atom is 0.265 e. The van der Waals surface area contributed by atoms with E-state index in [4.69, 9.17) is 5.73 Å². The van der Waals surface area contributed by atoms with E-state index in [1.807, 2.05) is 12.1 Å². The molecule has 7 nitrogen and oxygen atoms in total. The van der Waals surface area contributed by atoms with Gasteiger partial charge in [0.2, 0.25) is 5.91 Å². The van der Waals surface area contributed by atoms with E-state index in [0.717, 1.165) is 23.4 Å². The van der Waals surface area contributed by atoms with Crippen LogP contribution in [0.15, 0.2) is 30.7 Å². The summed E-state index contributed by atoms with van der Waals surface area (Å²) < 4.78 is 0. The Hall–Kier alpha value is -2.32. The molecule has 1 fully saturated rings. The van der Waals surface area contributed by atoms with Crippen LogP contribution in [0, 0.1) is 5.92 Å². The predicted octanol–water partition coefficient (Wildman–Crippen LogP) is 1.13. The molecular weight excluding hydrogens is 338 g/mol. The maximum absolute atomic E-state index is 12.8. The van der Waals surface area contributed by atoms with Crippen molar-refractivity contribution in [3.8, 4) is 10.6 Å². The van der Waals surface area contributed by atoms with Crippen LogP contribution in [-0.2, 0) is 4.79 Å². The Balaban J connectivity index is 1.66. The van der Waals surface area contributed by atoms with Gasteiger partial charge in [-0.1, -0.05) is 0 Å². The molecule has 1 saturated heterocycles. The summed E-state index contributed by atoms with van der Waals surface area (Å²) in [4.78, 5) is 35.6. The van der Waals surface area contributed by atoms with E-state index in [2.05, 4.69) is 15.3 Å². The monoisotopic (exact) mass is 359 g/mol. The molecule has 8 heteroatoms. The second kappa shape index (κ2) is 8.17. The first-order chi connectivity index (χ1) is 12.2. The molecule has 0 aromatic carbocycles. The number of thiazole rings is 1. The number of nitrogens with two attached hydrogens (primary N) is 1. The third-order valence-corrected chi connectivity index (χ3v) is 5.20. The molecule has 0 bridgehead atoms. The van der Waals surface area contributed by atoms with Crippen molar-refractivity contribution in [1.29, 1.82) is 0 Å². The van der Waals surface area contributed by atoms with Gasteiger partial charge in [-0.25, -0.2) is 4.98 Å². The SMILES string of the molecule is NCCNC(=O)C1CCCN(C(=O)c2cnc(-c3ccncc3)s2)C1. The minimum atomic E-state index is -0.170. The molecule has 0 saturated carbocycles. The number of nitrogens with one attached hydrogen (secondary N) is 1. The summed E-state index contributed by atoms with van der Waals surface area (Å²) in [5.41, 5.74) is 6.36. The fourth-order valence-electron chi connectivity index (χ4n) is 2.87. The third kappa shape index (κ3) is 4.21. The Morgan fingerprint density at radius 3 is 2.92 bits per heavy atom. The van der Waals surface area contributed by atoms with Crippen molar-refractivity contribution in [3.63, 3.8) is 0 Å². The Morgan fingerprint density at radius 2 is 2.16 bits per heavy atom. The summed E-state index contributed by atoms with van der Waals surface area (Å²) in [5.74, 6) is -0.254. The average Bonchev–Trinajstić information content (AvgIpc) is 3.16. The van der Waals surface area contributed by atoms with E-state index in [-0.39, 0.29) is 17.7 Å². The summed E-state index contributed by atoms with van der Waals surface area (Å²) in [7, 11) is 0. The number of amides is 2. The van der Waals surface area contributed by atoms with Crippen LogP contribution < -0.4 is 11.1 Å². The number of rotatable bonds is 5. The number of nitrogens with zero attached hydrogens (tertiary/aromatic N) is 3. The number of likely N-dealkylation sites (tertiary alicyclic amines) is 1. The van der Waals surface area contributed by atoms with E-state index in [1.54, 1.807) is 23.5 Å². The van der Waals surface area contributed by atoms with E-state index in [0.29, 0.717) is 31.1 Å². The fraction of sp³-hybridized carbons (Fsp3) is 0.412.